The molecule has 0 atom stereocenters. The van der Waals surface area contributed by atoms with E-state index in [1.54, 1.807) is 37.3 Å². The van der Waals surface area contributed by atoms with Crippen LogP contribution in [0.5, 0.6) is 0 Å². The number of nitrogens with zero attached hydrogens (tertiary/aromatic N) is 3. The van der Waals surface area contributed by atoms with Gasteiger partial charge in [0.15, 0.2) is 5.57 Å². The number of aromatic nitrogens is 1. The maximum atomic E-state index is 12.5. The second-order valence-electron chi connectivity index (χ2n) is 6.73. The Morgan fingerprint density at radius 1 is 1.24 bits per heavy atom. The molecule has 2 rings (SSSR count). The van der Waals surface area contributed by atoms with Crippen LogP contribution in [-0.4, -0.2) is 46.1 Å². The van der Waals surface area contributed by atoms with E-state index >= 15 is 0 Å². The lowest BCUT2D eigenvalue weighted by molar-refractivity contribution is -0.132. The number of aliphatic carboxylic acids is 1. The molecule has 1 heterocycles. The molecule has 10 heteroatoms. The van der Waals surface area contributed by atoms with Crippen molar-refractivity contribution >= 4 is 46.1 Å². The van der Waals surface area contributed by atoms with Crippen molar-refractivity contribution in [2.45, 2.75) is 27.3 Å². The fourth-order valence-corrected chi connectivity index (χ4v) is 3.82. The Balaban J connectivity index is 2.31. The molecule has 2 aromatic rings. The van der Waals surface area contributed by atoms with Gasteiger partial charge in [0.2, 0.25) is 5.91 Å². The zero-order valence-corrected chi connectivity index (χ0v) is 19.5. The molecule has 172 valence electrons. The van der Waals surface area contributed by atoms with Crippen LogP contribution in [0.2, 0.25) is 0 Å². The maximum Gasteiger partial charge on any atom is 0.354 e. The average molecular weight is 468 g/mol. The second kappa shape index (κ2) is 12.2. The zero-order chi connectivity index (χ0) is 24.4. The first-order chi connectivity index (χ1) is 15.8. The Labute approximate surface area is 194 Å². The van der Waals surface area contributed by atoms with E-state index in [4.69, 9.17) is 10.4 Å². The molecule has 1 aromatic heterocycles. The number of likely N-dealkylation sites (N-methyl/N-ethyl adjacent to an activating group) is 1. The van der Waals surface area contributed by atoms with E-state index in [1.165, 1.54) is 10.8 Å². The van der Waals surface area contributed by atoms with Crippen molar-refractivity contribution in [3.63, 3.8) is 0 Å². The van der Waals surface area contributed by atoms with Crippen LogP contribution in [-0.2, 0) is 16.1 Å². The standard InChI is InChI=1S/C23H25N5O4S/c1-4-27(5-2)15-20(29)26-18-9-7-8-17(13-18)25-11-10-19-22(30)28(6-3)21(33-19)12-16(14-24)23(31)32/h7-9,11,13,25H,4-6,15H2,1-3H3,(H,26,29)(H,31,32). The summed E-state index contributed by atoms with van der Waals surface area (Å²) < 4.78 is 1.79. The number of benzene rings is 1. The van der Waals surface area contributed by atoms with Crippen LogP contribution >= 0.6 is 11.3 Å². The fourth-order valence-electron chi connectivity index (χ4n) is 2.84. The van der Waals surface area contributed by atoms with Crippen LogP contribution in [0.4, 0.5) is 11.4 Å². The summed E-state index contributed by atoms with van der Waals surface area (Å²) in [5.41, 5.74) is 5.72. The molecule has 0 aliphatic heterocycles. The first kappa shape index (κ1) is 25.4. The summed E-state index contributed by atoms with van der Waals surface area (Å²) in [6.45, 7) is 7.91. The van der Waals surface area contributed by atoms with E-state index in [9.17, 15) is 14.4 Å². The van der Waals surface area contributed by atoms with Crippen molar-refractivity contribution in [1.29, 1.82) is 5.26 Å². The molecule has 0 aliphatic carbocycles. The molecule has 0 aliphatic rings. The highest BCUT2D eigenvalue weighted by molar-refractivity contribution is 7.07. The summed E-state index contributed by atoms with van der Waals surface area (Å²) >= 11 is 0.988. The lowest BCUT2D eigenvalue weighted by Crippen LogP contribution is -2.32. The first-order valence-electron chi connectivity index (χ1n) is 10.3. The van der Waals surface area contributed by atoms with Crippen molar-refractivity contribution in [3.8, 4) is 6.07 Å². The van der Waals surface area contributed by atoms with E-state index in [0.717, 1.165) is 24.4 Å². The fraction of sp³-hybridized carbons (Fsp3) is 0.304. The predicted molar refractivity (Wildman–Crippen MR) is 128 cm³/mol. The third-order valence-corrected chi connectivity index (χ3v) is 5.62. The molecule has 3 N–H and O–H groups in total. The molecule has 0 spiro atoms. The smallest absolute Gasteiger partial charge is 0.354 e. The molecule has 0 saturated heterocycles. The van der Waals surface area contributed by atoms with Gasteiger partial charge in [-0.25, -0.2) is 4.79 Å². The SMILES string of the molecule is CCN(CC)CC(=O)Nc1cccc(NC=C=c2sc(=C=C(C#N)C(=O)O)n(CC)c2=O)c1. The van der Waals surface area contributed by atoms with Gasteiger partial charge in [0.1, 0.15) is 15.3 Å². The van der Waals surface area contributed by atoms with Gasteiger partial charge in [-0.05, 0) is 38.2 Å². The van der Waals surface area contributed by atoms with Gasteiger partial charge in [-0.1, -0.05) is 42.7 Å². The Bertz CT molecular complexity index is 1320. The molecule has 1 aromatic carbocycles. The highest BCUT2D eigenvalue weighted by Crippen LogP contribution is 2.15. The van der Waals surface area contributed by atoms with E-state index in [-0.39, 0.29) is 20.7 Å². The number of hydrogen-bond donors (Lipinski definition) is 3. The van der Waals surface area contributed by atoms with Crippen molar-refractivity contribution in [3.05, 3.63) is 55.6 Å². The van der Waals surface area contributed by atoms with Gasteiger partial charge in [0.05, 0.1) is 6.54 Å². The summed E-state index contributed by atoms with van der Waals surface area (Å²) in [6.07, 6.45) is 1.46. The third kappa shape index (κ3) is 7.07. The minimum atomic E-state index is -1.41. The Hall–Kier alpha value is -3.86. The number of anilines is 2. The lowest BCUT2D eigenvalue weighted by atomic mass is 10.2. The normalized spacial score (nSPS) is 10.0. The van der Waals surface area contributed by atoms with Crippen molar-refractivity contribution in [2.24, 2.45) is 0 Å². The van der Waals surface area contributed by atoms with Crippen LogP contribution in [0.25, 0.3) is 11.5 Å². The Kier molecular flexibility index (Phi) is 9.43. The van der Waals surface area contributed by atoms with Gasteiger partial charge >= 0.3 is 5.97 Å². The summed E-state index contributed by atoms with van der Waals surface area (Å²) in [6, 6.07) is 8.67. The number of carboxylic acids is 1. The molecule has 1 amide bonds. The molecule has 0 saturated carbocycles. The van der Waals surface area contributed by atoms with Gasteiger partial charge in [0.25, 0.3) is 5.56 Å². The number of thiazole rings is 1. The molecule has 9 nitrogen and oxygen atoms in total. The highest BCUT2D eigenvalue weighted by atomic mass is 32.1. The van der Waals surface area contributed by atoms with Crippen LogP contribution in [0, 0.1) is 11.3 Å². The number of amides is 1. The molecule has 0 unspecified atom stereocenters. The third-order valence-electron chi connectivity index (χ3n) is 4.61. The molecular formula is C23H25N5O4S. The Morgan fingerprint density at radius 2 is 1.94 bits per heavy atom. The predicted octanol–water partition coefficient (Wildman–Crippen LogP) is 1.13. The second-order valence-corrected chi connectivity index (χ2v) is 7.73. The Morgan fingerprint density at radius 3 is 2.55 bits per heavy atom. The van der Waals surface area contributed by atoms with Crippen LogP contribution in [0.3, 0.4) is 0 Å². The molecule has 33 heavy (non-hydrogen) atoms. The lowest BCUT2D eigenvalue weighted by Gasteiger charge is -2.17. The topological polar surface area (TPSA) is 127 Å². The highest BCUT2D eigenvalue weighted by Gasteiger charge is 2.08. The molecule has 0 bridgehead atoms. The van der Waals surface area contributed by atoms with Crippen molar-refractivity contribution < 1.29 is 14.7 Å². The van der Waals surface area contributed by atoms with Gasteiger partial charge < -0.3 is 15.7 Å². The number of carboxylic acid groups (broad SMARTS) is 1. The van der Waals surface area contributed by atoms with Gasteiger partial charge in [-0.2, -0.15) is 5.26 Å². The van der Waals surface area contributed by atoms with Crippen LogP contribution in [0.15, 0.2) is 40.8 Å². The minimum absolute atomic E-state index is 0.105. The van der Waals surface area contributed by atoms with Crippen molar-refractivity contribution in [1.82, 2.24) is 9.47 Å². The maximum absolute atomic E-state index is 12.5. The summed E-state index contributed by atoms with van der Waals surface area (Å²) in [5.74, 6) is -1.51. The van der Waals surface area contributed by atoms with Gasteiger partial charge in [-0.3, -0.25) is 19.1 Å². The summed E-state index contributed by atoms with van der Waals surface area (Å²) in [7, 11) is 0. The van der Waals surface area contributed by atoms with Gasteiger partial charge in [-0.15, -0.1) is 0 Å². The molecule has 0 fully saturated rings. The zero-order valence-electron chi connectivity index (χ0n) is 18.6. The largest absolute Gasteiger partial charge is 0.477 e. The number of hydrogen-bond acceptors (Lipinski definition) is 7. The van der Waals surface area contributed by atoms with Crippen LogP contribution in [0.1, 0.15) is 20.8 Å². The first-order valence-corrected chi connectivity index (χ1v) is 11.1. The van der Waals surface area contributed by atoms with E-state index in [1.807, 2.05) is 18.7 Å². The number of rotatable bonds is 9. The summed E-state index contributed by atoms with van der Waals surface area (Å²) in [5, 5.41) is 23.8. The number of carbonyl (C=O) groups is 2. The summed E-state index contributed by atoms with van der Waals surface area (Å²) in [4.78, 5) is 37.8. The van der Waals surface area contributed by atoms with Crippen molar-refractivity contribution in [2.75, 3.05) is 30.3 Å². The molecule has 0 radical (unpaired) electrons. The van der Waals surface area contributed by atoms with Crippen LogP contribution < -0.4 is 25.4 Å². The van der Waals surface area contributed by atoms with Gasteiger partial charge in [0, 0.05) is 24.1 Å². The number of nitriles is 1. The van der Waals surface area contributed by atoms with E-state index in [2.05, 4.69) is 22.1 Å². The minimum Gasteiger partial charge on any atom is -0.477 e. The van der Waals surface area contributed by atoms with E-state index in [0.29, 0.717) is 24.5 Å². The van der Waals surface area contributed by atoms with E-state index < -0.39 is 11.5 Å². The molecular weight excluding hydrogens is 442 g/mol. The average Bonchev–Trinajstić information content (AvgIpc) is 3.09. The quantitative estimate of drug-likeness (QED) is 0.373. The monoisotopic (exact) mass is 467 g/mol. The number of nitrogens with one attached hydrogen (secondary N) is 2. The number of carbonyl (C=O) groups excluding carboxylic acids is 1.